The van der Waals surface area contributed by atoms with Gasteiger partial charge in [-0.15, -0.1) is 0 Å². The van der Waals surface area contributed by atoms with Crippen molar-refractivity contribution >= 4 is 12.1 Å². The lowest BCUT2D eigenvalue weighted by atomic mass is 10.1. The van der Waals surface area contributed by atoms with Gasteiger partial charge in [0, 0.05) is 0 Å². The molecule has 1 aromatic carbocycles. The van der Waals surface area contributed by atoms with Crippen LogP contribution in [-0.4, -0.2) is 6.41 Å². The van der Waals surface area contributed by atoms with Crippen LogP contribution in [0.25, 0.3) is 0 Å². The van der Waals surface area contributed by atoms with E-state index < -0.39 is 0 Å². The largest absolute Gasteiger partial charge is 0.277 e. The van der Waals surface area contributed by atoms with Gasteiger partial charge in [-0.25, -0.2) is 5.84 Å². The molecular weight excluding hydrogens is 188 g/mol. The van der Waals surface area contributed by atoms with Gasteiger partial charge < -0.3 is 0 Å². The number of carbonyl (C=O) groups excluding carboxylic acids is 1. The molecule has 0 unspecified atom stereocenters. The fourth-order valence-electron chi connectivity index (χ4n) is 1.47. The van der Waals surface area contributed by atoms with Crippen molar-refractivity contribution in [1.29, 1.82) is 0 Å². The molecule has 82 valence electrons. The van der Waals surface area contributed by atoms with Crippen LogP contribution < -0.4 is 10.9 Å². The highest BCUT2D eigenvalue weighted by Gasteiger charge is 1.99. The molecule has 0 aliphatic rings. The standard InChI is InChI=1S/C12H18N2O/c1-2-3-4-5-11-6-8-12(9-7-11)14(13)10-15/h6-10H,2-5,13H2,1H3. The molecule has 0 spiro atoms. The Morgan fingerprint density at radius 1 is 1.27 bits per heavy atom. The first-order valence-electron chi connectivity index (χ1n) is 5.36. The first kappa shape index (κ1) is 11.7. The topological polar surface area (TPSA) is 46.3 Å². The number of anilines is 1. The summed E-state index contributed by atoms with van der Waals surface area (Å²) in [5.74, 6) is 5.43. The maximum atomic E-state index is 10.4. The van der Waals surface area contributed by atoms with Crippen LogP contribution in [0.1, 0.15) is 31.7 Å². The van der Waals surface area contributed by atoms with Gasteiger partial charge in [0.1, 0.15) is 0 Å². The molecule has 0 radical (unpaired) electrons. The summed E-state index contributed by atoms with van der Waals surface area (Å²) in [5.41, 5.74) is 2.02. The Bertz CT molecular complexity index is 295. The SMILES string of the molecule is CCCCCc1ccc(N(N)C=O)cc1. The van der Waals surface area contributed by atoms with Crippen LogP contribution in [0.15, 0.2) is 24.3 Å². The lowest BCUT2D eigenvalue weighted by Gasteiger charge is -2.10. The highest BCUT2D eigenvalue weighted by atomic mass is 16.1. The molecule has 1 aromatic rings. The van der Waals surface area contributed by atoms with E-state index in [2.05, 4.69) is 6.92 Å². The van der Waals surface area contributed by atoms with Gasteiger partial charge in [0.05, 0.1) is 5.69 Å². The van der Waals surface area contributed by atoms with Crippen LogP contribution in [0, 0.1) is 0 Å². The van der Waals surface area contributed by atoms with E-state index >= 15 is 0 Å². The van der Waals surface area contributed by atoms with Gasteiger partial charge in [-0.3, -0.25) is 9.80 Å². The number of aryl methyl sites for hydroxylation is 1. The molecule has 1 rings (SSSR count). The highest BCUT2D eigenvalue weighted by molar-refractivity contribution is 5.73. The maximum Gasteiger partial charge on any atom is 0.228 e. The quantitative estimate of drug-likeness (QED) is 0.255. The smallest absolute Gasteiger partial charge is 0.228 e. The summed E-state index contributed by atoms with van der Waals surface area (Å²) in [5, 5.41) is 1.08. The molecule has 0 aliphatic carbocycles. The van der Waals surface area contributed by atoms with E-state index in [1.54, 1.807) is 0 Å². The normalized spacial score (nSPS) is 10.0. The maximum absolute atomic E-state index is 10.4. The van der Waals surface area contributed by atoms with Gasteiger partial charge >= 0.3 is 0 Å². The molecule has 3 nitrogen and oxygen atoms in total. The van der Waals surface area contributed by atoms with Crippen LogP contribution in [0.2, 0.25) is 0 Å². The fourth-order valence-corrected chi connectivity index (χ4v) is 1.47. The minimum absolute atomic E-state index is 0.603. The van der Waals surface area contributed by atoms with Crippen molar-refractivity contribution in [2.45, 2.75) is 32.6 Å². The Morgan fingerprint density at radius 3 is 2.47 bits per heavy atom. The monoisotopic (exact) mass is 206 g/mol. The second kappa shape index (κ2) is 6.19. The molecule has 1 amide bonds. The number of amides is 1. The number of hydrazine groups is 1. The zero-order valence-electron chi connectivity index (χ0n) is 9.15. The Kier molecular flexibility index (Phi) is 4.84. The van der Waals surface area contributed by atoms with Crippen molar-refractivity contribution in [2.24, 2.45) is 5.84 Å². The van der Waals surface area contributed by atoms with Crippen molar-refractivity contribution in [1.82, 2.24) is 0 Å². The summed E-state index contributed by atoms with van der Waals surface area (Å²) < 4.78 is 0. The number of benzene rings is 1. The van der Waals surface area contributed by atoms with Crippen molar-refractivity contribution in [3.05, 3.63) is 29.8 Å². The average Bonchev–Trinajstić information content (AvgIpc) is 2.29. The van der Waals surface area contributed by atoms with Crippen molar-refractivity contribution in [2.75, 3.05) is 5.01 Å². The van der Waals surface area contributed by atoms with E-state index in [1.807, 2.05) is 24.3 Å². The second-order valence-electron chi connectivity index (χ2n) is 3.64. The van der Waals surface area contributed by atoms with Crippen LogP contribution in [0.5, 0.6) is 0 Å². The van der Waals surface area contributed by atoms with Gasteiger partial charge in [-0.1, -0.05) is 31.9 Å². The molecule has 0 saturated carbocycles. The predicted molar refractivity (Wildman–Crippen MR) is 62.4 cm³/mol. The molecule has 0 atom stereocenters. The minimum Gasteiger partial charge on any atom is -0.277 e. The van der Waals surface area contributed by atoms with Crippen LogP contribution in [0.3, 0.4) is 0 Å². The zero-order valence-corrected chi connectivity index (χ0v) is 9.15. The molecule has 2 N–H and O–H groups in total. The summed E-state index contributed by atoms with van der Waals surface area (Å²) >= 11 is 0. The number of rotatable bonds is 6. The zero-order chi connectivity index (χ0) is 11.1. The van der Waals surface area contributed by atoms with Gasteiger partial charge in [0.15, 0.2) is 0 Å². The Morgan fingerprint density at radius 2 is 1.93 bits per heavy atom. The first-order valence-corrected chi connectivity index (χ1v) is 5.36. The van der Waals surface area contributed by atoms with E-state index in [0.717, 1.165) is 17.1 Å². The van der Waals surface area contributed by atoms with Gasteiger partial charge in [-0.05, 0) is 30.5 Å². The van der Waals surface area contributed by atoms with Crippen LogP contribution in [-0.2, 0) is 11.2 Å². The highest BCUT2D eigenvalue weighted by Crippen LogP contribution is 2.13. The Balaban J connectivity index is 2.52. The molecule has 0 bridgehead atoms. The number of hydrogen-bond acceptors (Lipinski definition) is 2. The van der Waals surface area contributed by atoms with E-state index in [-0.39, 0.29) is 0 Å². The number of hydrogen-bond donors (Lipinski definition) is 1. The first-order chi connectivity index (χ1) is 7.27. The second-order valence-corrected chi connectivity index (χ2v) is 3.64. The van der Waals surface area contributed by atoms with Crippen molar-refractivity contribution in [3.8, 4) is 0 Å². The van der Waals surface area contributed by atoms with Crippen molar-refractivity contribution in [3.63, 3.8) is 0 Å². The number of carbonyl (C=O) groups is 1. The average molecular weight is 206 g/mol. The third kappa shape index (κ3) is 3.72. The Labute approximate surface area is 90.9 Å². The molecule has 3 heteroatoms. The molecule has 0 fully saturated rings. The van der Waals surface area contributed by atoms with Gasteiger partial charge in [0.2, 0.25) is 6.41 Å². The van der Waals surface area contributed by atoms with E-state index in [4.69, 9.17) is 5.84 Å². The molecule has 0 heterocycles. The van der Waals surface area contributed by atoms with Crippen LogP contribution in [0.4, 0.5) is 5.69 Å². The Hall–Kier alpha value is -1.35. The van der Waals surface area contributed by atoms with E-state index in [9.17, 15) is 4.79 Å². The van der Waals surface area contributed by atoms with Gasteiger partial charge in [-0.2, -0.15) is 0 Å². The van der Waals surface area contributed by atoms with Crippen LogP contribution >= 0.6 is 0 Å². The van der Waals surface area contributed by atoms with Gasteiger partial charge in [0.25, 0.3) is 0 Å². The molecule has 0 saturated heterocycles. The molecule has 15 heavy (non-hydrogen) atoms. The summed E-state index contributed by atoms with van der Waals surface area (Å²) in [6, 6.07) is 7.79. The predicted octanol–water partition coefficient (Wildman–Crippen LogP) is 2.26. The third-order valence-corrected chi connectivity index (χ3v) is 2.42. The lowest BCUT2D eigenvalue weighted by molar-refractivity contribution is -0.107. The minimum atomic E-state index is 0.603. The fraction of sp³-hybridized carbons (Fsp3) is 0.417. The number of nitrogens with two attached hydrogens (primary N) is 1. The van der Waals surface area contributed by atoms with Crippen molar-refractivity contribution < 1.29 is 4.79 Å². The number of nitrogens with zero attached hydrogens (tertiary/aromatic N) is 1. The summed E-state index contributed by atoms with van der Waals surface area (Å²) in [6.07, 6.45) is 5.42. The van der Waals surface area contributed by atoms with E-state index in [1.165, 1.54) is 24.8 Å². The van der Waals surface area contributed by atoms with E-state index in [0.29, 0.717) is 6.41 Å². The lowest BCUT2D eigenvalue weighted by Crippen LogP contribution is -2.28. The molecular formula is C12H18N2O. The molecule has 0 aromatic heterocycles. The molecule has 0 aliphatic heterocycles. The summed E-state index contributed by atoms with van der Waals surface area (Å²) in [7, 11) is 0. The summed E-state index contributed by atoms with van der Waals surface area (Å²) in [4.78, 5) is 10.4. The summed E-state index contributed by atoms with van der Waals surface area (Å²) in [6.45, 7) is 2.19. The number of unbranched alkanes of at least 4 members (excludes halogenated alkanes) is 2. The third-order valence-electron chi connectivity index (χ3n) is 2.42.